The molecular weight excluding hydrogens is 376 g/mol. The summed E-state index contributed by atoms with van der Waals surface area (Å²) < 4.78 is 8.08. The van der Waals surface area contributed by atoms with E-state index in [0.717, 1.165) is 0 Å². The Morgan fingerprint density at radius 3 is 2.64 bits per heavy atom. The standard InChI is InChI=1S/C14H16N8O5.H2O/c15-10-7-12(20-14(19-10)22-2-5(1-18-22)11(16)26)21(4-17-7)13-9(25)8(24)6(3-23)27-13;/h1-2,4,6,8-9,13,23-25H,3H2,(H2,16,26)(H2,15,19,20);1H2/t6-,8-,9-,13-;/m1./s1. The monoisotopic (exact) mass is 394 g/mol. The number of hydrogen-bond donors (Lipinski definition) is 5. The Balaban J connectivity index is 0.00000225. The molecule has 1 aliphatic heterocycles. The lowest BCUT2D eigenvalue weighted by atomic mass is 10.1. The van der Waals surface area contributed by atoms with Crippen LogP contribution in [0.4, 0.5) is 5.82 Å². The number of aromatic nitrogens is 6. The minimum atomic E-state index is -1.31. The average molecular weight is 394 g/mol. The fourth-order valence-electron chi connectivity index (χ4n) is 2.88. The van der Waals surface area contributed by atoms with Gasteiger partial charge in [-0.3, -0.25) is 9.36 Å². The molecule has 3 aromatic rings. The fourth-order valence-corrected chi connectivity index (χ4v) is 2.88. The Bertz CT molecular complexity index is 1020. The summed E-state index contributed by atoms with van der Waals surface area (Å²) >= 11 is 0. The zero-order valence-corrected chi connectivity index (χ0v) is 14.2. The lowest BCUT2D eigenvalue weighted by Gasteiger charge is -2.16. The number of imidazole rings is 1. The second-order valence-electron chi connectivity index (χ2n) is 6.00. The van der Waals surface area contributed by atoms with E-state index in [9.17, 15) is 20.1 Å². The predicted molar refractivity (Wildman–Crippen MR) is 92.0 cm³/mol. The van der Waals surface area contributed by atoms with Crippen molar-refractivity contribution < 1.29 is 30.3 Å². The van der Waals surface area contributed by atoms with Gasteiger partial charge in [0.1, 0.15) is 23.8 Å². The van der Waals surface area contributed by atoms with Crippen LogP contribution >= 0.6 is 0 Å². The van der Waals surface area contributed by atoms with E-state index < -0.39 is 37.1 Å². The molecule has 14 nitrogen and oxygen atoms in total. The molecule has 3 aromatic heterocycles. The van der Waals surface area contributed by atoms with Crippen LogP contribution in [0.1, 0.15) is 16.6 Å². The van der Waals surface area contributed by atoms with Gasteiger partial charge >= 0.3 is 0 Å². The SMILES string of the molecule is NC(=O)c1cnn(-c2nc(N)c3ncn([C@@H]4O[C@H](CO)[C@@H](O)[C@H]4O)c3n2)c1.O. The Labute approximate surface area is 156 Å². The lowest BCUT2D eigenvalue weighted by Crippen LogP contribution is -2.33. The Hall–Kier alpha value is -3.17. The summed E-state index contributed by atoms with van der Waals surface area (Å²) in [6.07, 6.45) is -0.650. The van der Waals surface area contributed by atoms with Crippen molar-refractivity contribution in [2.45, 2.75) is 24.5 Å². The van der Waals surface area contributed by atoms with Crippen LogP contribution in [0.3, 0.4) is 0 Å². The van der Waals surface area contributed by atoms with E-state index in [0.29, 0.717) is 0 Å². The average Bonchev–Trinajstić information content (AvgIpc) is 3.34. The molecular formula is C14H18N8O6. The van der Waals surface area contributed by atoms with Crippen LogP contribution in [0.2, 0.25) is 0 Å². The predicted octanol–water partition coefficient (Wildman–Crippen LogP) is -3.52. The van der Waals surface area contributed by atoms with Gasteiger partial charge in [-0.25, -0.2) is 9.67 Å². The highest BCUT2D eigenvalue weighted by atomic mass is 16.6. The summed E-state index contributed by atoms with van der Waals surface area (Å²) in [6, 6.07) is 0. The van der Waals surface area contributed by atoms with Gasteiger partial charge in [0.25, 0.3) is 11.9 Å². The number of anilines is 1. The minimum absolute atomic E-state index is 0. The van der Waals surface area contributed by atoms with Crippen molar-refractivity contribution in [3.63, 3.8) is 0 Å². The van der Waals surface area contributed by atoms with E-state index in [-0.39, 0.29) is 34.0 Å². The first-order chi connectivity index (χ1) is 12.9. The molecule has 0 radical (unpaired) electrons. The summed E-state index contributed by atoms with van der Waals surface area (Å²) in [5.74, 6) is -0.579. The van der Waals surface area contributed by atoms with Crippen LogP contribution < -0.4 is 11.5 Å². The first-order valence-electron chi connectivity index (χ1n) is 7.88. The van der Waals surface area contributed by atoms with Gasteiger partial charge in [-0.15, -0.1) is 0 Å². The first kappa shape index (κ1) is 19.6. The summed E-state index contributed by atoms with van der Waals surface area (Å²) in [4.78, 5) is 23.8. The van der Waals surface area contributed by atoms with E-state index in [1.54, 1.807) is 0 Å². The molecule has 28 heavy (non-hydrogen) atoms. The van der Waals surface area contributed by atoms with E-state index in [4.69, 9.17) is 16.2 Å². The topological polar surface area (TPSA) is 232 Å². The molecule has 1 fully saturated rings. The fraction of sp³-hybridized carbons (Fsp3) is 0.357. The summed E-state index contributed by atoms with van der Waals surface area (Å²) in [6.45, 7) is -0.465. The summed E-state index contributed by atoms with van der Waals surface area (Å²) in [7, 11) is 0. The molecule has 0 bridgehead atoms. The van der Waals surface area contributed by atoms with Crippen molar-refractivity contribution in [2.75, 3.05) is 12.3 Å². The number of hydrogen-bond acceptors (Lipinski definition) is 10. The highest BCUT2D eigenvalue weighted by Crippen LogP contribution is 2.32. The number of rotatable bonds is 4. The molecule has 150 valence electrons. The number of nitrogen functional groups attached to an aromatic ring is 1. The maximum Gasteiger partial charge on any atom is 0.254 e. The van der Waals surface area contributed by atoms with Crippen LogP contribution in [-0.2, 0) is 4.74 Å². The number of amides is 1. The third-order valence-corrected chi connectivity index (χ3v) is 4.30. The molecule has 1 aliphatic rings. The number of ether oxygens (including phenoxy) is 1. The van der Waals surface area contributed by atoms with Crippen LogP contribution in [0.5, 0.6) is 0 Å². The molecule has 1 saturated heterocycles. The van der Waals surface area contributed by atoms with Gasteiger partial charge in [-0.05, 0) is 0 Å². The number of aliphatic hydroxyl groups is 3. The number of aliphatic hydroxyl groups excluding tert-OH is 3. The number of carbonyl (C=O) groups excluding carboxylic acids is 1. The molecule has 0 aromatic carbocycles. The van der Waals surface area contributed by atoms with Gasteiger partial charge in [-0.1, -0.05) is 0 Å². The molecule has 0 unspecified atom stereocenters. The third-order valence-electron chi connectivity index (χ3n) is 4.30. The summed E-state index contributed by atoms with van der Waals surface area (Å²) in [5, 5.41) is 33.4. The first-order valence-corrected chi connectivity index (χ1v) is 7.88. The van der Waals surface area contributed by atoms with Crippen LogP contribution in [-0.4, -0.2) is 80.9 Å². The zero-order chi connectivity index (χ0) is 19.3. The lowest BCUT2D eigenvalue weighted by molar-refractivity contribution is -0.0511. The number of nitrogens with zero attached hydrogens (tertiary/aromatic N) is 6. The van der Waals surface area contributed by atoms with Crippen molar-refractivity contribution in [1.29, 1.82) is 0 Å². The second-order valence-corrected chi connectivity index (χ2v) is 6.00. The second kappa shape index (κ2) is 7.10. The molecule has 14 heteroatoms. The van der Waals surface area contributed by atoms with E-state index in [1.807, 2.05) is 0 Å². The zero-order valence-electron chi connectivity index (χ0n) is 14.2. The normalized spacial score (nSPS) is 24.4. The van der Waals surface area contributed by atoms with Crippen molar-refractivity contribution in [3.8, 4) is 5.95 Å². The molecule has 1 amide bonds. The highest BCUT2D eigenvalue weighted by Gasteiger charge is 2.44. The number of carbonyl (C=O) groups is 1. The highest BCUT2D eigenvalue weighted by molar-refractivity contribution is 5.92. The maximum absolute atomic E-state index is 11.2. The van der Waals surface area contributed by atoms with E-state index in [1.165, 1.54) is 28.0 Å². The molecule has 4 atom stereocenters. The van der Waals surface area contributed by atoms with Gasteiger partial charge < -0.3 is 37.0 Å². The largest absolute Gasteiger partial charge is 0.412 e. The molecule has 4 heterocycles. The van der Waals surface area contributed by atoms with Crippen molar-refractivity contribution in [2.24, 2.45) is 5.73 Å². The number of fused-ring (bicyclic) bond motifs is 1. The van der Waals surface area contributed by atoms with Crippen molar-refractivity contribution in [3.05, 3.63) is 24.3 Å². The van der Waals surface area contributed by atoms with Gasteiger partial charge in [0.2, 0.25) is 0 Å². The maximum atomic E-state index is 11.2. The number of nitrogens with two attached hydrogens (primary N) is 2. The number of primary amides is 1. The van der Waals surface area contributed by atoms with E-state index >= 15 is 0 Å². The van der Waals surface area contributed by atoms with Gasteiger partial charge in [0.05, 0.1) is 24.7 Å². The Morgan fingerprint density at radius 1 is 1.29 bits per heavy atom. The van der Waals surface area contributed by atoms with E-state index in [2.05, 4.69) is 20.1 Å². The summed E-state index contributed by atoms with van der Waals surface area (Å²) in [5.41, 5.74) is 11.8. The molecule has 9 N–H and O–H groups in total. The quantitative estimate of drug-likeness (QED) is 0.292. The van der Waals surface area contributed by atoms with Crippen LogP contribution in [0.15, 0.2) is 18.7 Å². The minimum Gasteiger partial charge on any atom is -0.412 e. The molecule has 0 aliphatic carbocycles. The Morgan fingerprint density at radius 2 is 2.04 bits per heavy atom. The molecule has 0 saturated carbocycles. The van der Waals surface area contributed by atoms with Crippen molar-refractivity contribution in [1.82, 2.24) is 29.3 Å². The van der Waals surface area contributed by atoms with Gasteiger partial charge in [0, 0.05) is 6.20 Å². The third kappa shape index (κ3) is 2.94. The van der Waals surface area contributed by atoms with Crippen LogP contribution in [0, 0.1) is 0 Å². The van der Waals surface area contributed by atoms with Crippen LogP contribution in [0.25, 0.3) is 17.1 Å². The van der Waals surface area contributed by atoms with Gasteiger partial charge in [-0.2, -0.15) is 15.1 Å². The van der Waals surface area contributed by atoms with Crippen molar-refractivity contribution >= 4 is 22.9 Å². The molecule has 4 rings (SSSR count). The Kier molecular flexibility index (Phi) is 4.97. The smallest absolute Gasteiger partial charge is 0.254 e. The van der Waals surface area contributed by atoms with Gasteiger partial charge in [0.15, 0.2) is 17.7 Å². The molecule has 0 spiro atoms.